The Kier molecular flexibility index (Phi) is 4.14. The van der Waals surface area contributed by atoms with E-state index in [9.17, 15) is 0 Å². The summed E-state index contributed by atoms with van der Waals surface area (Å²) in [7, 11) is 0. The second-order valence-corrected chi connectivity index (χ2v) is 4.32. The molecular weight excluding hydrogens is 216 g/mol. The Hall–Kier alpha value is -1.36. The topological polar surface area (TPSA) is 59.1 Å². The van der Waals surface area contributed by atoms with Crippen molar-refractivity contribution in [2.24, 2.45) is 5.92 Å². The minimum atomic E-state index is 0.345. The number of anilines is 2. The van der Waals surface area contributed by atoms with Crippen LogP contribution in [0.15, 0.2) is 12.4 Å². The van der Waals surface area contributed by atoms with Gasteiger partial charge in [0.1, 0.15) is 18.0 Å². The quantitative estimate of drug-likeness (QED) is 0.815. The normalized spacial score (nSPS) is 23.6. The van der Waals surface area contributed by atoms with Crippen LogP contribution in [0.3, 0.4) is 0 Å². The fraction of sp³-hybridized carbons (Fsp3) is 0.667. The molecule has 94 valence electrons. The van der Waals surface area contributed by atoms with Crippen molar-refractivity contribution < 1.29 is 4.74 Å². The Balaban J connectivity index is 1.87. The molecule has 1 aromatic rings. The Labute approximate surface area is 102 Å². The van der Waals surface area contributed by atoms with Crippen LogP contribution in [-0.4, -0.2) is 35.8 Å². The molecule has 0 aliphatic carbocycles. The van der Waals surface area contributed by atoms with E-state index >= 15 is 0 Å². The average Bonchev–Trinajstić information content (AvgIpc) is 2.73. The van der Waals surface area contributed by atoms with E-state index in [2.05, 4.69) is 27.5 Å². The van der Waals surface area contributed by atoms with Gasteiger partial charge in [-0.3, -0.25) is 0 Å². The van der Waals surface area contributed by atoms with Crippen molar-refractivity contribution in [2.75, 3.05) is 30.3 Å². The maximum absolute atomic E-state index is 5.53. The van der Waals surface area contributed by atoms with Crippen LogP contribution in [0.25, 0.3) is 0 Å². The predicted octanol–water partition coefficient (Wildman–Crippen LogP) is 1.75. The number of nitrogens with one attached hydrogen (secondary N) is 2. The van der Waals surface area contributed by atoms with Gasteiger partial charge in [0, 0.05) is 31.7 Å². The zero-order valence-electron chi connectivity index (χ0n) is 10.4. The van der Waals surface area contributed by atoms with Gasteiger partial charge in [0.25, 0.3) is 0 Å². The molecule has 5 heteroatoms. The molecule has 0 radical (unpaired) electrons. The van der Waals surface area contributed by atoms with Crippen molar-refractivity contribution in [3.05, 3.63) is 12.4 Å². The molecule has 0 bridgehead atoms. The molecule has 2 rings (SSSR count). The molecular formula is C12H20N4O. The van der Waals surface area contributed by atoms with Crippen molar-refractivity contribution in [3.63, 3.8) is 0 Å². The zero-order chi connectivity index (χ0) is 12.1. The maximum atomic E-state index is 5.53. The summed E-state index contributed by atoms with van der Waals surface area (Å²) in [6.07, 6.45) is 3.05. The highest BCUT2D eigenvalue weighted by atomic mass is 16.5. The molecule has 2 unspecified atom stereocenters. The van der Waals surface area contributed by atoms with E-state index in [4.69, 9.17) is 4.74 Å². The lowest BCUT2D eigenvalue weighted by Crippen LogP contribution is -2.21. The van der Waals surface area contributed by atoms with Crippen LogP contribution in [0.2, 0.25) is 0 Å². The maximum Gasteiger partial charge on any atom is 0.131 e. The van der Waals surface area contributed by atoms with Gasteiger partial charge in [0.05, 0.1) is 6.10 Å². The smallest absolute Gasteiger partial charge is 0.131 e. The summed E-state index contributed by atoms with van der Waals surface area (Å²) in [6.45, 7) is 6.82. The Bertz CT molecular complexity index is 358. The van der Waals surface area contributed by atoms with Gasteiger partial charge in [-0.25, -0.2) is 9.97 Å². The molecule has 1 aliphatic rings. The lowest BCUT2D eigenvalue weighted by molar-refractivity contribution is 0.108. The van der Waals surface area contributed by atoms with Gasteiger partial charge in [-0.05, 0) is 20.3 Å². The van der Waals surface area contributed by atoms with Crippen LogP contribution in [0.1, 0.15) is 20.3 Å². The molecule has 1 aliphatic heterocycles. The minimum Gasteiger partial charge on any atom is -0.378 e. The summed E-state index contributed by atoms with van der Waals surface area (Å²) in [5.74, 6) is 2.31. The molecule has 0 amide bonds. The van der Waals surface area contributed by atoms with Gasteiger partial charge >= 0.3 is 0 Å². The van der Waals surface area contributed by atoms with Crippen LogP contribution in [0.5, 0.6) is 0 Å². The van der Waals surface area contributed by atoms with Crippen LogP contribution < -0.4 is 10.6 Å². The summed E-state index contributed by atoms with van der Waals surface area (Å²) < 4.78 is 5.53. The first-order chi connectivity index (χ1) is 8.29. The highest BCUT2D eigenvalue weighted by Crippen LogP contribution is 2.20. The highest BCUT2D eigenvalue weighted by Gasteiger charge is 2.23. The lowest BCUT2D eigenvalue weighted by atomic mass is 10.0. The van der Waals surface area contributed by atoms with Gasteiger partial charge in [-0.1, -0.05) is 0 Å². The first-order valence-corrected chi connectivity index (χ1v) is 6.21. The Morgan fingerprint density at radius 2 is 2.12 bits per heavy atom. The number of hydrogen-bond donors (Lipinski definition) is 2. The standard InChI is InChI=1S/C12H20N4O/c1-3-13-11-6-12(16-8-15-11)14-7-10-4-5-17-9(10)2/h6,8-10H,3-5,7H2,1-2H3,(H2,13,14,15,16). The second kappa shape index (κ2) is 5.82. The molecule has 1 saturated heterocycles. The van der Waals surface area contributed by atoms with Gasteiger partial charge in [-0.15, -0.1) is 0 Å². The number of hydrogen-bond acceptors (Lipinski definition) is 5. The zero-order valence-corrected chi connectivity index (χ0v) is 10.4. The molecule has 1 fully saturated rings. The summed E-state index contributed by atoms with van der Waals surface area (Å²) in [5.41, 5.74) is 0. The van der Waals surface area contributed by atoms with E-state index in [0.29, 0.717) is 12.0 Å². The number of rotatable bonds is 5. The fourth-order valence-corrected chi connectivity index (χ4v) is 2.01. The summed E-state index contributed by atoms with van der Waals surface area (Å²) in [5, 5.41) is 6.51. The Morgan fingerprint density at radius 3 is 2.76 bits per heavy atom. The molecule has 5 nitrogen and oxygen atoms in total. The molecule has 1 aromatic heterocycles. The van der Waals surface area contributed by atoms with Crippen LogP contribution in [0, 0.1) is 5.92 Å². The van der Waals surface area contributed by atoms with E-state index in [1.165, 1.54) is 0 Å². The predicted molar refractivity (Wildman–Crippen MR) is 68.2 cm³/mol. The second-order valence-electron chi connectivity index (χ2n) is 4.32. The highest BCUT2D eigenvalue weighted by molar-refractivity contribution is 5.46. The van der Waals surface area contributed by atoms with Gasteiger partial charge in [0.2, 0.25) is 0 Å². The number of aromatic nitrogens is 2. The summed E-state index contributed by atoms with van der Waals surface area (Å²) in [4.78, 5) is 8.34. The van der Waals surface area contributed by atoms with Crippen LogP contribution in [0.4, 0.5) is 11.6 Å². The third-order valence-electron chi connectivity index (χ3n) is 3.10. The van der Waals surface area contributed by atoms with Gasteiger partial charge in [0.15, 0.2) is 0 Å². The molecule has 2 atom stereocenters. The van der Waals surface area contributed by atoms with E-state index < -0.39 is 0 Å². The van der Waals surface area contributed by atoms with Crippen molar-refractivity contribution in [2.45, 2.75) is 26.4 Å². The van der Waals surface area contributed by atoms with E-state index in [1.807, 2.05) is 13.0 Å². The van der Waals surface area contributed by atoms with E-state index in [1.54, 1.807) is 6.33 Å². The van der Waals surface area contributed by atoms with Crippen molar-refractivity contribution >= 4 is 11.6 Å². The van der Waals surface area contributed by atoms with Crippen molar-refractivity contribution in [1.29, 1.82) is 0 Å². The fourth-order valence-electron chi connectivity index (χ4n) is 2.01. The minimum absolute atomic E-state index is 0.345. The molecule has 0 spiro atoms. The molecule has 0 saturated carbocycles. The number of ether oxygens (including phenoxy) is 1. The largest absolute Gasteiger partial charge is 0.378 e. The molecule has 2 heterocycles. The van der Waals surface area contributed by atoms with Gasteiger partial charge in [-0.2, -0.15) is 0 Å². The van der Waals surface area contributed by atoms with Crippen molar-refractivity contribution in [1.82, 2.24) is 9.97 Å². The Morgan fingerprint density at radius 1 is 1.35 bits per heavy atom. The average molecular weight is 236 g/mol. The molecule has 2 N–H and O–H groups in total. The van der Waals surface area contributed by atoms with Crippen LogP contribution in [-0.2, 0) is 4.74 Å². The first-order valence-electron chi connectivity index (χ1n) is 6.21. The molecule has 17 heavy (non-hydrogen) atoms. The summed E-state index contributed by atoms with van der Waals surface area (Å²) in [6, 6.07) is 1.93. The van der Waals surface area contributed by atoms with E-state index in [0.717, 1.165) is 37.8 Å². The van der Waals surface area contributed by atoms with Gasteiger partial charge < -0.3 is 15.4 Å². The summed E-state index contributed by atoms with van der Waals surface area (Å²) >= 11 is 0. The van der Waals surface area contributed by atoms with Crippen molar-refractivity contribution in [3.8, 4) is 0 Å². The number of nitrogens with zero attached hydrogens (tertiary/aromatic N) is 2. The third kappa shape index (κ3) is 3.30. The lowest BCUT2D eigenvalue weighted by Gasteiger charge is -2.15. The SMILES string of the molecule is CCNc1cc(NCC2CCOC2C)ncn1. The first kappa shape index (κ1) is 12.1. The monoisotopic (exact) mass is 236 g/mol. The molecule has 0 aromatic carbocycles. The van der Waals surface area contributed by atoms with E-state index in [-0.39, 0.29) is 0 Å². The van der Waals surface area contributed by atoms with Crippen LogP contribution >= 0.6 is 0 Å². The third-order valence-corrected chi connectivity index (χ3v) is 3.10.